The fraction of sp³-hybridized carbons (Fsp3) is 0.938. The van der Waals surface area contributed by atoms with Gasteiger partial charge in [0.05, 0.1) is 12.2 Å². The van der Waals surface area contributed by atoms with Crippen molar-refractivity contribution in [1.29, 1.82) is 0 Å². The van der Waals surface area contributed by atoms with Gasteiger partial charge in [0.2, 0.25) is 0 Å². The highest BCUT2D eigenvalue weighted by atomic mass is 16.1. The molecule has 0 aliphatic carbocycles. The molecule has 6 atom stereocenters. The molecule has 4 nitrogen and oxygen atoms in total. The van der Waals surface area contributed by atoms with Crippen LogP contribution in [0.4, 0.5) is 0 Å². The van der Waals surface area contributed by atoms with Crippen LogP contribution >= 0.6 is 0 Å². The lowest BCUT2D eigenvalue weighted by Gasteiger charge is -2.36. The molecule has 3 aliphatic heterocycles. The zero-order chi connectivity index (χ0) is 14.4. The summed E-state index contributed by atoms with van der Waals surface area (Å²) >= 11 is 0. The fourth-order valence-electron chi connectivity index (χ4n) is 5.11. The van der Waals surface area contributed by atoms with Crippen LogP contribution in [0.1, 0.15) is 40.5 Å². The average Bonchev–Trinajstić information content (AvgIpc) is 2.91. The Morgan fingerprint density at radius 1 is 1.40 bits per heavy atom. The molecular weight excluding hydrogens is 250 g/mol. The van der Waals surface area contributed by atoms with Crippen molar-refractivity contribution >= 4 is 5.78 Å². The Balaban J connectivity index is 1.94. The van der Waals surface area contributed by atoms with Crippen molar-refractivity contribution in [1.82, 2.24) is 15.5 Å². The smallest absolute Gasteiger partial charge is 0.147 e. The van der Waals surface area contributed by atoms with E-state index < -0.39 is 0 Å². The second-order valence-corrected chi connectivity index (χ2v) is 7.12. The molecule has 0 amide bonds. The number of hydrogen-bond donors (Lipinski definition) is 2. The highest BCUT2D eigenvalue weighted by Crippen LogP contribution is 2.46. The van der Waals surface area contributed by atoms with Gasteiger partial charge in [-0.15, -0.1) is 0 Å². The monoisotopic (exact) mass is 279 g/mol. The minimum Gasteiger partial charge on any atom is -0.312 e. The number of carbonyl (C=O) groups is 1. The standard InChI is InChI=1S/C16H29N3O/c1-5-19-15(10(4)20)12(9(2)3)13-14-11(18-16(13)19)7-6-8-17-14/h9,11-18H,5-8H2,1-4H3. The molecule has 0 bridgehead atoms. The summed E-state index contributed by atoms with van der Waals surface area (Å²) in [5.41, 5.74) is 0. The number of nitrogens with one attached hydrogen (secondary N) is 2. The Morgan fingerprint density at radius 2 is 2.15 bits per heavy atom. The first-order valence-corrected chi connectivity index (χ1v) is 8.32. The molecule has 0 aromatic carbocycles. The summed E-state index contributed by atoms with van der Waals surface area (Å²) in [6.07, 6.45) is 2.93. The molecule has 3 fully saturated rings. The molecule has 114 valence electrons. The van der Waals surface area contributed by atoms with Gasteiger partial charge in [0.1, 0.15) is 5.78 Å². The van der Waals surface area contributed by atoms with Crippen LogP contribution in [-0.4, -0.2) is 48.1 Å². The van der Waals surface area contributed by atoms with Crippen molar-refractivity contribution in [3.8, 4) is 0 Å². The molecular formula is C16H29N3O. The molecule has 3 rings (SSSR count). The second kappa shape index (κ2) is 5.39. The first-order chi connectivity index (χ1) is 9.56. The summed E-state index contributed by atoms with van der Waals surface area (Å²) in [6.45, 7) is 10.6. The summed E-state index contributed by atoms with van der Waals surface area (Å²) in [5, 5.41) is 7.58. The van der Waals surface area contributed by atoms with Crippen molar-refractivity contribution in [2.75, 3.05) is 13.1 Å². The molecule has 0 aromatic heterocycles. The van der Waals surface area contributed by atoms with Crippen LogP contribution < -0.4 is 10.6 Å². The number of likely N-dealkylation sites (tertiary alicyclic amines) is 1. The van der Waals surface area contributed by atoms with Gasteiger partial charge < -0.3 is 5.32 Å². The van der Waals surface area contributed by atoms with Crippen LogP contribution in [0, 0.1) is 17.8 Å². The molecule has 2 N–H and O–H groups in total. The van der Waals surface area contributed by atoms with E-state index in [-0.39, 0.29) is 6.04 Å². The Hall–Kier alpha value is -0.450. The van der Waals surface area contributed by atoms with Gasteiger partial charge in [0, 0.05) is 18.0 Å². The average molecular weight is 279 g/mol. The Morgan fingerprint density at radius 3 is 2.75 bits per heavy atom. The highest BCUT2D eigenvalue weighted by Gasteiger charge is 2.59. The molecule has 6 unspecified atom stereocenters. The van der Waals surface area contributed by atoms with Crippen molar-refractivity contribution in [3.63, 3.8) is 0 Å². The molecule has 3 aliphatic rings. The second-order valence-electron chi connectivity index (χ2n) is 7.12. The van der Waals surface area contributed by atoms with E-state index in [2.05, 4.69) is 36.3 Å². The number of Topliss-reactive ketones (excluding diaryl/α,β-unsaturated/α-hetero) is 1. The number of ketones is 1. The number of piperidine rings is 1. The van der Waals surface area contributed by atoms with Gasteiger partial charge in [-0.2, -0.15) is 0 Å². The van der Waals surface area contributed by atoms with Gasteiger partial charge in [-0.1, -0.05) is 20.8 Å². The van der Waals surface area contributed by atoms with Crippen molar-refractivity contribution in [2.24, 2.45) is 17.8 Å². The predicted molar refractivity (Wildman–Crippen MR) is 80.4 cm³/mol. The molecule has 3 saturated heterocycles. The van der Waals surface area contributed by atoms with Gasteiger partial charge in [0.15, 0.2) is 0 Å². The third kappa shape index (κ3) is 2.04. The molecule has 0 saturated carbocycles. The van der Waals surface area contributed by atoms with Gasteiger partial charge >= 0.3 is 0 Å². The maximum Gasteiger partial charge on any atom is 0.147 e. The minimum absolute atomic E-state index is 0.104. The van der Waals surface area contributed by atoms with Crippen LogP contribution in [-0.2, 0) is 4.79 Å². The SMILES string of the molecule is CCN1C2NC3CCCNC3C2C(C(C)C)C1C(C)=O. The minimum atomic E-state index is 0.104. The first kappa shape index (κ1) is 14.5. The summed E-state index contributed by atoms with van der Waals surface area (Å²) in [7, 11) is 0. The third-order valence-electron chi connectivity index (χ3n) is 5.74. The van der Waals surface area contributed by atoms with Crippen LogP contribution in [0.2, 0.25) is 0 Å². The van der Waals surface area contributed by atoms with Gasteiger partial charge in [-0.05, 0) is 44.7 Å². The van der Waals surface area contributed by atoms with Crippen LogP contribution in [0.5, 0.6) is 0 Å². The van der Waals surface area contributed by atoms with Crippen LogP contribution in [0.15, 0.2) is 0 Å². The highest BCUT2D eigenvalue weighted by molar-refractivity contribution is 5.82. The Kier molecular flexibility index (Phi) is 3.91. The molecule has 3 heterocycles. The van der Waals surface area contributed by atoms with E-state index in [1.807, 2.05) is 0 Å². The number of hydrogen-bond acceptors (Lipinski definition) is 4. The van der Waals surface area contributed by atoms with E-state index in [9.17, 15) is 4.79 Å². The normalized spacial score (nSPS) is 44.6. The molecule has 20 heavy (non-hydrogen) atoms. The molecule has 0 radical (unpaired) electrons. The quantitative estimate of drug-likeness (QED) is 0.815. The van der Waals surface area contributed by atoms with E-state index in [1.54, 1.807) is 6.92 Å². The summed E-state index contributed by atoms with van der Waals surface area (Å²) < 4.78 is 0. The number of fused-ring (bicyclic) bond motifs is 3. The summed E-state index contributed by atoms with van der Waals surface area (Å²) in [5.74, 6) is 1.95. The van der Waals surface area contributed by atoms with Crippen molar-refractivity contribution in [3.05, 3.63) is 0 Å². The third-order valence-corrected chi connectivity index (χ3v) is 5.74. The van der Waals surface area contributed by atoms with Crippen LogP contribution in [0.3, 0.4) is 0 Å². The lowest BCUT2D eigenvalue weighted by atomic mass is 9.75. The Bertz CT molecular complexity index is 384. The first-order valence-electron chi connectivity index (χ1n) is 8.32. The van der Waals surface area contributed by atoms with Crippen molar-refractivity contribution < 1.29 is 4.79 Å². The summed E-state index contributed by atoms with van der Waals surface area (Å²) in [6, 6.07) is 1.26. The molecule has 0 aromatic rings. The Labute approximate surface area is 122 Å². The number of likely N-dealkylation sites (N-methyl/N-ethyl adjacent to an activating group) is 1. The fourth-order valence-corrected chi connectivity index (χ4v) is 5.11. The van der Waals surface area contributed by atoms with Gasteiger partial charge in [-0.25, -0.2) is 0 Å². The van der Waals surface area contributed by atoms with E-state index >= 15 is 0 Å². The van der Waals surface area contributed by atoms with Gasteiger partial charge in [0.25, 0.3) is 0 Å². The maximum absolute atomic E-state index is 12.2. The van der Waals surface area contributed by atoms with E-state index in [0.717, 1.165) is 13.1 Å². The van der Waals surface area contributed by atoms with E-state index in [4.69, 9.17) is 0 Å². The number of carbonyl (C=O) groups excluding carboxylic acids is 1. The lowest BCUT2D eigenvalue weighted by Crippen LogP contribution is -2.53. The zero-order valence-corrected chi connectivity index (χ0v) is 13.2. The van der Waals surface area contributed by atoms with E-state index in [0.29, 0.717) is 41.8 Å². The molecule has 4 heteroatoms. The van der Waals surface area contributed by atoms with E-state index in [1.165, 1.54) is 12.8 Å². The topological polar surface area (TPSA) is 44.4 Å². The predicted octanol–water partition coefficient (Wildman–Crippen LogP) is 1.22. The maximum atomic E-state index is 12.2. The number of nitrogens with zero attached hydrogens (tertiary/aromatic N) is 1. The zero-order valence-electron chi connectivity index (χ0n) is 13.2. The van der Waals surface area contributed by atoms with Crippen LogP contribution in [0.25, 0.3) is 0 Å². The largest absolute Gasteiger partial charge is 0.312 e. The lowest BCUT2D eigenvalue weighted by molar-refractivity contribution is -0.123. The van der Waals surface area contributed by atoms with Gasteiger partial charge in [-0.3, -0.25) is 15.0 Å². The van der Waals surface area contributed by atoms with Crippen molar-refractivity contribution in [2.45, 2.75) is 64.8 Å². The summed E-state index contributed by atoms with van der Waals surface area (Å²) in [4.78, 5) is 14.7. The molecule has 0 spiro atoms. The number of rotatable bonds is 3.